The Balaban J connectivity index is 1.87. The smallest absolute Gasteiger partial charge is 0.319 e. The second-order valence-electron chi connectivity index (χ2n) is 4.46. The highest BCUT2D eigenvalue weighted by Crippen LogP contribution is 2.17. The average molecular weight is 286 g/mol. The van der Waals surface area contributed by atoms with Gasteiger partial charge in [-0.15, -0.1) is 11.8 Å². The Bertz CT molecular complexity index is 581. The second-order valence-corrected chi connectivity index (χ2v) is 5.34. The van der Waals surface area contributed by atoms with Crippen LogP contribution < -0.4 is 10.6 Å². The van der Waals surface area contributed by atoms with Crippen LogP contribution in [0.3, 0.4) is 0 Å². The van der Waals surface area contributed by atoms with E-state index in [2.05, 4.69) is 10.6 Å². The summed E-state index contributed by atoms with van der Waals surface area (Å²) in [7, 11) is 0. The molecule has 0 saturated carbocycles. The summed E-state index contributed by atoms with van der Waals surface area (Å²) >= 11 is 1.68. The van der Waals surface area contributed by atoms with E-state index >= 15 is 0 Å². The van der Waals surface area contributed by atoms with Crippen molar-refractivity contribution in [3.05, 3.63) is 59.7 Å². The van der Waals surface area contributed by atoms with Crippen LogP contribution in [-0.4, -0.2) is 12.3 Å². The van der Waals surface area contributed by atoms with E-state index in [0.29, 0.717) is 6.54 Å². The molecule has 104 valence electrons. The van der Waals surface area contributed by atoms with Crippen molar-refractivity contribution in [3.8, 4) is 0 Å². The monoisotopic (exact) mass is 286 g/mol. The van der Waals surface area contributed by atoms with Crippen LogP contribution in [0.5, 0.6) is 0 Å². The molecule has 0 aliphatic carbocycles. The Labute approximate surface area is 123 Å². The minimum atomic E-state index is -0.190. The fraction of sp³-hybridized carbons (Fsp3) is 0.188. The van der Waals surface area contributed by atoms with Gasteiger partial charge >= 0.3 is 6.03 Å². The lowest BCUT2D eigenvalue weighted by atomic mass is 10.1. The number of urea groups is 1. The van der Waals surface area contributed by atoms with Crippen molar-refractivity contribution in [2.75, 3.05) is 11.6 Å². The summed E-state index contributed by atoms with van der Waals surface area (Å²) in [6, 6.07) is 15.6. The molecule has 0 aliphatic rings. The minimum Gasteiger partial charge on any atom is -0.334 e. The third-order valence-electron chi connectivity index (χ3n) is 3.05. The SMILES string of the molecule is CSc1ccc(NC(=O)NCc2ccccc2C)cc1. The van der Waals surface area contributed by atoms with E-state index in [1.165, 1.54) is 10.5 Å². The van der Waals surface area contributed by atoms with Crippen LogP contribution in [-0.2, 0) is 6.54 Å². The van der Waals surface area contributed by atoms with Crippen molar-refractivity contribution in [1.82, 2.24) is 5.32 Å². The molecule has 0 bridgehead atoms. The van der Waals surface area contributed by atoms with Crippen LogP contribution in [0.1, 0.15) is 11.1 Å². The van der Waals surface area contributed by atoms with Gasteiger partial charge < -0.3 is 10.6 Å². The van der Waals surface area contributed by atoms with E-state index in [1.54, 1.807) is 11.8 Å². The topological polar surface area (TPSA) is 41.1 Å². The highest BCUT2D eigenvalue weighted by molar-refractivity contribution is 7.98. The summed E-state index contributed by atoms with van der Waals surface area (Å²) in [5.41, 5.74) is 3.10. The first kappa shape index (κ1) is 14.5. The zero-order chi connectivity index (χ0) is 14.4. The van der Waals surface area contributed by atoms with Gasteiger partial charge in [-0.3, -0.25) is 0 Å². The Morgan fingerprint density at radius 2 is 1.80 bits per heavy atom. The van der Waals surface area contributed by atoms with Crippen molar-refractivity contribution in [2.45, 2.75) is 18.4 Å². The van der Waals surface area contributed by atoms with Gasteiger partial charge in [0.2, 0.25) is 0 Å². The van der Waals surface area contributed by atoms with Crippen molar-refractivity contribution in [2.24, 2.45) is 0 Å². The number of hydrogen-bond acceptors (Lipinski definition) is 2. The largest absolute Gasteiger partial charge is 0.334 e. The third-order valence-corrected chi connectivity index (χ3v) is 3.79. The van der Waals surface area contributed by atoms with Gasteiger partial charge in [0.1, 0.15) is 0 Å². The summed E-state index contributed by atoms with van der Waals surface area (Å²) < 4.78 is 0. The standard InChI is InChI=1S/C16H18N2OS/c1-12-5-3-4-6-13(12)11-17-16(19)18-14-7-9-15(20-2)10-8-14/h3-10H,11H2,1-2H3,(H2,17,18,19). The number of aryl methyl sites for hydroxylation is 1. The average Bonchev–Trinajstić information content (AvgIpc) is 2.47. The molecule has 0 saturated heterocycles. The normalized spacial score (nSPS) is 10.1. The molecule has 2 aromatic rings. The first-order valence-corrected chi connectivity index (χ1v) is 7.65. The zero-order valence-electron chi connectivity index (χ0n) is 11.6. The van der Waals surface area contributed by atoms with Crippen LogP contribution in [0, 0.1) is 6.92 Å². The highest BCUT2D eigenvalue weighted by atomic mass is 32.2. The molecular weight excluding hydrogens is 268 g/mol. The Kier molecular flexibility index (Phi) is 5.07. The van der Waals surface area contributed by atoms with Crippen LogP contribution in [0.15, 0.2) is 53.4 Å². The van der Waals surface area contributed by atoms with Crippen LogP contribution in [0.2, 0.25) is 0 Å². The molecule has 0 fully saturated rings. The number of carbonyl (C=O) groups is 1. The van der Waals surface area contributed by atoms with Crippen molar-refractivity contribution >= 4 is 23.5 Å². The number of benzene rings is 2. The molecule has 4 heteroatoms. The summed E-state index contributed by atoms with van der Waals surface area (Å²) in [6.45, 7) is 2.57. The second kappa shape index (κ2) is 7.01. The summed E-state index contributed by atoms with van der Waals surface area (Å²) in [6.07, 6.45) is 2.03. The molecule has 2 N–H and O–H groups in total. The lowest BCUT2D eigenvalue weighted by Crippen LogP contribution is -2.28. The van der Waals surface area contributed by atoms with Gasteiger partial charge in [-0.1, -0.05) is 24.3 Å². The lowest BCUT2D eigenvalue weighted by Gasteiger charge is -2.09. The van der Waals surface area contributed by atoms with Crippen molar-refractivity contribution in [1.29, 1.82) is 0 Å². The molecule has 0 heterocycles. The predicted octanol–water partition coefficient (Wildman–Crippen LogP) is 4.04. The Hall–Kier alpha value is -1.94. The number of nitrogens with one attached hydrogen (secondary N) is 2. The molecule has 2 amide bonds. The summed E-state index contributed by atoms with van der Waals surface area (Å²) in [4.78, 5) is 13.0. The van der Waals surface area contributed by atoms with E-state index < -0.39 is 0 Å². The minimum absolute atomic E-state index is 0.190. The molecule has 0 radical (unpaired) electrons. The van der Waals surface area contributed by atoms with E-state index in [1.807, 2.05) is 61.7 Å². The van der Waals surface area contributed by atoms with Crippen LogP contribution >= 0.6 is 11.8 Å². The lowest BCUT2D eigenvalue weighted by molar-refractivity contribution is 0.251. The maximum atomic E-state index is 11.8. The number of rotatable bonds is 4. The van der Waals surface area contributed by atoms with E-state index in [-0.39, 0.29) is 6.03 Å². The molecule has 0 atom stereocenters. The molecule has 0 spiro atoms. The van der Waals surface area contributed by atoms with E-state index in [0.717, 1.165) is 11.3 Å². The maximum absolute atomic E-state index is 11.8. The third kappa shape index (κ3) is 4.03. The number of carbonyl (C=O) groups excluding carboxylic acids is 1. The molecule has 2 aromatic carbocycles. The maximum Gasteiger partial charge on any atom is 0.319 e. The number of thioether (sulfide) groups is 1. The molecule has 3 nitrogen and oxygen atoms in total. The van der Waals surface area contributed by atoms with Gasteiger partial charge in [0.25, 0.3) is 0 Å². The Morgan fingerprint density at radius 3 is 2.45 bits per heavy atom. The molecule has 0 aromatic heterocycles. The molecule has 0 aliphatic heterocycles. The number of anilines is 1. The molecule has 20 heavy (non-hydrogen) atoms. The molecular formula is C16H18N2OS. The van der Waals surface area contributed by atoms with Gasteiger partial charge in [0.05, 0.1) is 0 Å². The molecule has 2 rings (SSSR count). The van der Waals surface area contributed by atoms with Crippen LogP contribution in [0.25, 0.3) is 0 Å². The zero-order valence-corrected chi connectivity index (χ0v) is 12.5. The van der Waals surface area contributed by atoms with Gasteiger partial charge in [0.15, 0.2) is 0 Å². The Morgan fingerprint density at radius 1 is 1.10 bits per heavy atom. The first-order valence-electron chi connectivity index (χ1n) is 6.42. The summed E-state index contributed by atoms with van der Waals surface area (Å²) in [5.74, 6) is 0. The van der Waals surface area contributed by atoms with E-state index in [9.17, 15) is 4.79 Å². The van der Waals surface area contributed by atoms with Gasteiger partial charge in [-0.25, -0.2) is 4.79 Å². The fourth-order valence-corrected chi connectivity index (χ4v) is 2.24. The van der Waals surface area contributed by atoms with Gasteiger partial charge in [-0.05, 0) is 48.6 Å². The highest BCUT2D eigenvalue weighted by Gasteiger charge is 2.03. The first-order chi connectivity index (χ1) is 9.69. The summed E-state index contributed by atoms with van der Waals surface area (Å²) in [5, 5.41) is 5.69. The van der Waals surface area contributed by atoms with E-state index in [4.69, 9.17) is 0 Å². The van der Waals surface area contributed by atoms with Gasteiger partial charge in [0, 0.05) is 17.1 Å². The number of amides is 2. The van der Waals surface area contributed by atoms with Crippen molar-refractivity contribution in [3.63, 3.8) is 0 Å². The predicted molar refractivity (Wildman–Crippen MR) is 85.3 cm³/mol. The quantitative estimate of drug-likeness (QED) is 0.833. The number of hydrogen-bond donors (Lipinski definition) is 2. The fourth-order valence-electron chi connectivity index (χ4n) is 1.83. The van der Waals surface area contributed by atoms with Gasteiger partial charge in [-0.2, -0.15) is 0 Å². The van der Waals surface area contributed by atoms with Crippen molar-refractivity contribution < 1.29 is 4.79 Å². The van der Waals surface area contributed by atoms with Crippen LogP contribution in [0.4, 0.5) is 10.5 Å². The molecule has 0 unspecified atom stereocenters.